The molecule has 0 atom stereocenters. The molecule has 0 unspecified atom stereocenters. The molecule has 22 heavy (non-hydrogen) atoms. The second kappa shape index (κ2) is 7.28. The third kappa shape index (κ3) is 3.45. The minimum Gasteiger partial charge on any atom is -0.465 e. The van der Waals surface area contributed by atoms with Crippen molar-refractivity contribution in [2.24, 2.45) is 4.99 Å². The van der Waals surface area contributed by atoms with Gasteiger partial charge in [-0.2, -0.15) is 5.26 Å². The average molecular weight is 315 g/mol. The fourth-order valence-corrected chi connectivity index (χ4v) is 2.09. The minimum absolute atomic E-state index is 0.317. The van der Waals surface area contributed by atoms with E-state index in [0.29, 0.717) is 16.4 Å². The van der Waals surface area contributed by atoms with Gasteiger partial charge in [0.2, 0.25) is 0 Å². The number of methoxy groups -OCH3 is 1. The number of ether oxygens (including phenoxy) is 1. The third-order valence-corrected chi connectivity index (χ3v) is 3.35. The summed E-state index contributed by atoms with van der Waals surface area (Å²) in [6.45, 7) is 0. The van der Waals surface area contributed by atoms with E-state index in [-0.39, 0.29) is 0 Å². The van der Waals surface area contributed by atoms with Crippen LogP contribution in [0.15, 0.2) is 41.9 Å². The third-order valence-electron chi connectivity index (χ3n) is 2.77. The Labute approximate surface area is 131 Å². The lowest BCUT2D eigenvalue weighted by Crippen LogP contribution is -2.13. The van der Waals surface area contributed by atoms with Crippen LogP contribution >= 0.6 is 11.8 Å². The molecule has 8 heteroatoms. The normalized spacial score (nSPS) is 10.9. The van der Waals surface area contributed by atoms with Crippen molar-refractivity contribution in [2.75, 3.05) is 13.4 Å². The maximum atomic E-state index is 11.9. The van der Waals surface area contributed by atoms with Crippen LogP contribution in [0.4, 0.5) is 5.69 Å². The Morgan fingerprint density at radius 1 is 1.55 bits per heavy atom. The predicted molar refractivity (Wildman–Crippen MR) is 84.3 cm³/mol. The molecule has 0 aliphatic rings. The highest BCUT2D eigenvalue weighted by Crippen LogP contribution is 2.25. The van der Waals surface area contributed by atoms with Crippen molar-refractivity contribution in [2.45, 2.75) is 0 Å². The van der Waals surface area contributed by atoms with Crippen LogP contribution in [0.25, 0.3) is 5.69 Å². The van der Waals surface area contributed by atoms with Gasteiger partial charge in [0.05, 0.1) is 24.7 Å². The lowest BCUT2D eigenvalue weighted by molar-refractivity contribution is 0.0602. The zero-order valence-corrected chi connectivity index (χ0v) is 12.8. The summed E-state index contributed by atoms with van der Waals surface area (Å²) < 4.78 is 6.55. The predicted octanol–water partition coefficient (Wildman–Crippen LogP) is 2.08. The zero-order valence-electron chi connectivity index (χ0n) is 12.0. The number of nitriles is 1. The molecule has 0 aliphatic heterocycles. The van der Waals surface area contributed by atoms with Crippen LogP contribution in [0.5, 0.6) is 0 Å². The summed E-state index contributed by atoms with van der Waals surface area (Å²) in [6, 6.07) is 5.12. The lowest BCUT2D eigenvalue weighted by atomic mass is 10.1. The van der Waals surface area contributed by atoms with E-state index in [9.17, 15) is 4.79 Å². The quantitative estimate of drug-likeness (QED) is 0.306. The van der Waals surface area contributed by atoms with Gasteiger partial charge in [0.15, 0.2) is 11.4 Å². The van der Waals surface area contributed by atoms with Crippen molar-refractivity contribution < 1.29 is 9.53 Å². The highest BCUT2D eigenvalue weighted by Gasteiger charge is 2.13. The molecular formula is C14H13N5O2S. The molecule has 2 aromatic rings. The van der Waals surface area contributed by atoms with Crippen LogP contribution in [-0.2, 0) is 4.74 Å². The molecule has 0 fully saturated rings. The maximum absolute atomic E-state index is 11.9. The molecule has 0 saturated carbocycles. The smallest absolute Gasteiger partial charge is 0.340 e. The molecular weight excluding hydrogens is 302 g/mol. The molecule has 112 valence electrons. The number of nitrogens with zero attached hydrogens (tertiary/aromatic N) is 4. The van der Waals surface area contributed by atoms with E-state index in [0.717, 1.165) is 5.69 Å². The molecule has 1 aromatic carbocycles. The molecule has 0 radical (unpaired) electrons. The van der Waals surface area contributed by atoms with Crippen molar-refractivity contribution in [1.29, 1.82) is 5.26 Å². The van der Waals surface area contributed by atoms with E-state index in [1.165, 1.54) is 18.9 Å². The average Bonchev–Trinajstić information content (AvgIpc) is 3.08. The monoisotopic (exact) mass is 315 g/mol. The second-order valence-electron chi connectivity index (χ2n) is 4.02. The Morgan fingerprint density at radius 2 is 2.36 bits per heavy atom. The zero-order chi connectivity index (χ0) is 15.9. The number of hydrogen-bond donors (Lipinski definition) is 1. The standard InChI is InChI=1S/C14H13N5O2S/c1-21-13(20)11-4-3-10(19-6-5-16-9-19)7-12(11)18-14(22-2)17-8-15/h3-7,9H,1-2H3,(H,17,18). The largest absolute Gasteiger partial charge is 0.465 e. The lowest BCUT2D eigenvalue weighted by Gasteiger charge is -2.09. The van der Waals surface area contributed by atoms with Crippen LogP contribution in [0.3, 0.4) is 0 Å². The fraction of sp³-hybridized carbons (Fsp3) is 0.143. The number of rotatable bonds is 3. The highest BCUT2D eigenvalue weighted by atomic mass is 32.2. The Hall–Kier alpha value is -2.79. The van der Waals surface area contributed by atoms with Crippen LogP contribution in [0.2, 0.25) is 0 Å². The molecule has 0 bridgehead atoms. The number of imidazole rings is 1. The SMILES string of the molecule is COC(=O)c1ccc(-n2ccnc2)cc1N=C(NC#N)SC. The van der Waals surface area contributed by atoms with Gasteiger partial charge in [0.1, 0.15) is 0 Å². The van der Waals surface area contributed by atoms with Gasteiger partial charge in [-0.3, -0.25) is 5.32 Å². The van der Waals surface area contributed by atoms with Crippen molar-refractivity contribution in [1.82, 2.24) is 14.9 Å². The van der Waals surface area contributed by atoms with Gasteiger partial charge in [-0.05, 0) is 24.5 Å². The van der Waals surface area contributed by atoms with E-state index >= 15 is 0 Å². The second-order valence-corrected chi connectivity index (χ2v) is 4.82. The summed E-state index contributed by atoms with van der Waals surface area (Å²) >= 11 is 1.27. The van der Waals surface area contributed by atoms with Crippen molar-refractivity contribution in [3.8, 4) is 11.9 Å². The van der Waals surface area contributed by atoms with Crippen LogP contribution < -0.4 is 5.32 Å². The summed E-state index contributed by atoms with van der Waals surface area (Å²) in [5.74, 6) is -0.492. The summed E-state index contributed by atoms with van der Waals surface area (Å²) in [5.41, 5.74) is 1.52. The summed E-state index contributed by atoms with van der Waals surface area (Å²) in [7, 11) is 1.31. The van der Waals surface area contributed by atoms with E-state index in [1.807, 2.05) is 6.19 Å². The first kappa shape index (κ1) is 15.6. The number of carbonyl (C=O) groups excluding carboxylic acids is 1. The topological polar surface area (TPSA) is 92.3 Å². The Kier molecular flexibility index (Phi) is 5.16. The maximum Gasteiger partial charge on any atom is 0.340 e. The Morgan fingerprint density at radius 3 is 2.95 bits per heavy atom. The Bertz CT molecular complexity index is 734. The van der Waals surface area contributed by atoms with E-state index < -0.39 is 5.97 Å². The van der Waals surface area contributed by atoms with Gasteiger partial charge in [-0.25, -0.2) is 14.8 Å². The van der Waals surface area contributed by atoms with Crippen LogP contribution in [-0.4, -0.2) is 34.1 Å². The van der Waals surface area contributed by atoms with Crippen molar-refractivity contribution in [3.05, 3.63) is 42.5 Å². The number of hydrogen-bond acceptors (Lipinski definition) is 6. The Balaban J connectivity index is 2.53. The molecule has 2 rings (SSSR count). The minimum atomic E-state index is -0.492. The first-order valence-corrected chi connectivity index (χ1v) is 7.40. The first-order chi connectivity index (χ1) is 10.7. The molecule has 0 saturated heterocycles. The molecule has 1 heterocycles. The molecule has 7 nitrogen and oxygen atoms in total. The van der Waals surface area contributed by atoms with Gasteiger partial charge in [-0.15, -0.1) is 0 Å². The van der Waals surface area contributed by atoms with E-state index in [2.05, 4.69) is 15.3 Å². The first-order valence-electron chi connectivity index (χ1n) is 6.18. The summed E-state index contributed by atoms with van der Waals surface area (Å²) in [6.07, 6.45) is 8.67. The number of benzene rings is 1. The van der Waals surface area contributed by atoms with Crippen LogP contribution in [0.1, 0.15) is 10.4 Å². The number of aromatic nitrogens is 2. The number of esters is 1. The van der Waals surface area contributed by atoms with E-state index in [4.69, 9.17) is 10.00 Å². The van der Waals surface area contributed by atoms with Gasteiger partial charge in [0, 0.05) is 18.1 Å². The van der Waals surface area contributed by atoms with Gasteiger partial charge in [0.25, 0.3) is 0 Å². The number of aliphatic imine (C=N–C) groups is 1. The number of carbonyl (C=O) groups is 1. The molecule has 0 aliphatic carbocycles. The van der Waals surface area contributed by atoms with Gasteiger partial charge < -0.3 is 9.30 Å². The fourth-order valence-electron chi connectivity index (χ4n) is 1.75. The summed E-state index contributed by atoms with van der Waals surface area (Å²) in [4.78, 5) is 20.2. The number of thioether (sulfide) groups is 1. The molecule has 1 N–H and O–H groups in total. The van der Waals surface area contributed by atoms with E-state index in [1.54, 1.807) is 47.7 Å². The van der Waals surface area contributed by atoms with Gasteiger partial charge in [-0.1, -0.05) is 11.8 Å². The van der Waals surface area contributed by atoms with Crippen molar-refractivity contribution in [3.63, 3.8) is 0 Å². The summed E-state index contributed by atoms with van der Waals surface area (Å²) in [5, 5.41) is 11.6. The van der Waals surface area contributed by atoms with Gasteiger partial charge >= 0.3 is 5.97 Å². The molecule has 0 amide bonds. The number of amidine groups is 1. The molecule has 1 aromatic heterocycles. The van der Waals surface area contributed by atoms with Crippen molar-refractivity contribution >= 4 is 28.6 Å². The van der Waals surface area contributed by atoms with Crippen LogP contribution in [0, 0.1) is 11.5 Å². The molecule has 0 spiro atoms. The number of nitrogens with one attached hydrogen (secondary N) is 1. The highest BCUT2D eigenvalue weighted by molar-refractivity contribution is 8.13.